The van der Waals surface area contributed by atoms with Crippen LogP contribution >= 0.6 is 0 Å². The summed E-state index contributed by atoms with van der Waals surface area (Å²) >= 11 is 0. The molecule has 0 spiro atoms. The molecule has 1 heterocycles. The normalized spacial score (nSPS) is 26.1. The highest BCUT2D eigenvalue weighted by Gasteiger charge is 2.27. The summed E-state index contributed by atoms with van der Waals surface area (Å²) in [4.78, 5) is 2.54. The first-order valence-electron chi connectivity index (χ1n) is 7.22. The molecule has 1 saturated heterocycles. The van der Waals surface area contributed by atoms with E-state index in [0.717, 1.165) is 30.7 Å². The van der Waals surface area contributed by atoms with E-state index in [1.165, 1.54) is 12.0 Å². The fourth-order valence-corrected chi connectivity index (χ4v) is 3.31. The van der Waals surface area contributed by atoms with Gasteiger partial charge in [-0.2, -0.15) is 0 Å². The molecule has 0 bridgehead atoms. The predicted molar refractivity (Wildman–Crippen MR) is 79.3 cm³/mol. The minimum Gasteiger partial charge on any atom is -0.497 e. The Labute approximate surface area is 116 Å². The third-order valence-corrected chi connectivity index (χ3v) is 4.04. The van der Waals surface area contributed by atoms with Gasteiger partial charge in [0.1, 0.15) is 5.75 Å². The van der Waals surface area contributed by atoms with Crippen LogP contribution in [0, 0.1) is 11.8 Å². The molecule has 1 aliphatic heterocycles. The van der Waals surface area contributed by atoms with Gasteiger partial charge in [-0.15, -0.1) is 0 Å². The summed E-state index contributed by atoms with van der Waals surface area (Å²) in [6.45, 7) is 7.61. The maximum atomic E-state index is 6.04. The van der Waals surface area contributed by atoms with Crippen molar-refractivity contribution in [2.75, 3.05) is 26.7 Å². The number of ether oxygens (including phenoxy) is 1. The Kier molecular flexibility index (Phi) is 4.83. The zero-order valence-electron chi connectivity index (χ0n) is 12.3. The van der Waals surface area contributed by atoms with Crippen molar-refractivity contribution in [3.8, 4) is 5.75 Å². The van der Waals surface area contributed by atoms with Crippen LogP contribution in [0.4, 0.5) is 0 Å². The largest absolute Gasteiger partial charge is 0.497 e. The van der Waals surface area contributed by atoms with Crippen molar-refractivity contribution in [2.24, 2.45) is 17.6 Å². The topological polar surface area (TPSA) is 38.5 Å². The fourth-order valence-electron chi connectivity index (χ4n) is 3.31. The van der Waals surface area contributed by atoms with Crippen molar-refractivity contribution < 1.29 is 4.74 Å². The molecule has 3 unspecified atom stereocenters. The Morgan fingerprint density at radius 2 is 2.00 bits per heavy atom. The molecule has 1 fully saturated rings. The number of benzene rings is 1. The highest BCUT2D eigenvalue weighted by Crippen LogP contribution is 2.30. The number of likely N-dealkylation sites (tertiary alicyclic amines) is 1. The Morgan fingerprint density at radius 1 is 1.32 bits per heavy atom. The van der Waals surface area contributed by atoms with Crippen LogP contribution in [0.2, 0.25) is 0 Å². The van der Waals surface area contributed by atoms with E-state index in [9.17, 15) is 0 Å². The van der Waals surface area contributed by atoms with Crippen LogP contribution in [-0.4, -0.2) is 31.6 Å². The predicted octanol–water partition coefficient (Wildman–Crippen LogP) is 2.67. The summed E-state index contributed by atoms with van der Waals surface area (Å²) in [5.41, 5.74) is 7.30. The van der Waals surface area contributed by atoms with Gasteiger partial charge >= 0.3 is 0 Å². The number of nitrogens with zero attached hydrogens (tertiary/aromatic N) is 1. The molecule has 0 aliphatic carbocycles. The van der Waals surface area contributed by atoms with Crippen LogP contribution < -0.4 is 10.5 Å². The number of methoxy groups -OCH3 is 1. The lowest BCUT2D eigenvalue weighted by molar-refractivity contribution is 0.0983. The van der Waals surface area contributed by atoms with E-state index in [2.05, 4.69) is 30.9 Å². The lowest BCUT2D eigenvalue weighted by Crippen LogP contribution is -2.43. The van der Waals surface area contributed by atoms with E-state index >= 15 is 0 Å². The number of piperidine rings is 1. The summed E-state index contributed by atoms with van der Waals surface area (Å²) in [6, 6.07) is 8.61. The quantitative estimate of drug-likeness (QED) is 0.906. The summed E-state index contributed by atoms with van der Waals surface area (Å²) < 4.78 is 5.32. The van der Waals surface area contributed by atoms with Gasteiger partial charge in [-0.05, 0) is 36.0 Å². The summed E-state index contributed by atoms with van der Waals surface area (Å²) in [5.74, 6) is 2.42. The lowest BCUT2D eigenvalue weighted by atomic mass is 9.89. The van der Waals surface area contributed by atoms with E-state index in [1.54, 1.807) is 7.11 Å². The maximum Gasteiger partial charge on any atom is 0.119 e. The molecule has 106 valence electrons. The number of nitrogens with two attached hydrogens (primary N) is 1. The molecule has 1 aromatic carbocycles. The number of hydrogen-bond donors (Lipinski definition) is 1. The van der Waals surface area contributed by atoms with E-state index in [0.29, 0.717) is 12.6 Å². The summed E-state index contributed by atoms with van der Waals surface area (Å²) in [7, 11) is 1.71. The zero-order valence-corrected chi connectivity index (χ0v) is 12.3. The molecule has 0 amide bonds. The van der Waals surface area contributed by atoms with E-state index in [1.807, 2.05) is 12.1 Å². The van der Waals surface area contributed by atoms with Crippen molar-refractivity contribution in [3.05, 3.63) is 29.8 Å². The third-order valence-electron chi connectivity index (χ3n) is 4.04. The standard InChI is InChI=1S/C16H26N2O/c1-12-7-13(2)11-18(10-12)16(9-17)14-5-4-6-15(8-14)19-3/h4-6,8,12-13,16H,7,9-11,17H2,1-3H3. The molecule has 2 rings (SSSR count). The molecule has 2 N–H and O–H groups in total. The molecular formula is C16H26N2O. The van der Waals surface area contributed by atoms with E-state index in [-0.39, 0.29) is 0 Å². The second-order valence-electron chi connectivity index (χ2n) is 5.93. The molecule has 1 aliphatic rings. The number of hydrogen-bond acceptors (Lipinski definition) is 3. The Balaban J connectivity index is 2.18. The highest BCUT2D eigenvalue weighted by molar-refractivity contribution is 5.30. The Bertz CT molecular complexity index is 397. The zero-order chi connectivity index (χ0) is 13.8. The van der Waals surface area contributed by atoms with Crippen LogP contribution in [0.3, 0.4) is 0 Å². The SMILES string of the molecule is COc1cccc(C(CN)N2CC(C)CC(C)C2)c1. The van der Waals surface area contributed by atoms with Crippen molar-refractivity contribution >= 4 is 0 Å². The van der Waals surface area contributed by atoms with Crippen molar-refractivity contribution in [1.82, 2.24) is 4.90 Å². The molecule has 0 saturated carbocycles. The summed E-state index contributed by atoms with van der Waals surface area (Å²) in [6.07, 6.45) is 1.33. The average molecular weight is 262 g/mol. The highest BCUT2D eigenvalue weighted by atomic mass is 16.5. The van der Waals surface area contributed by atoms with Gasteiger partial charge in [-0.3, -0.25) is 4.90 Å². The van der Waals surface area contributed by atoms with Crippen molar-refractivity contribution in [1.29, 1.82) is 0 Å². The van der Waals surface area contributed by atoms with Crippen LogP contribution in [0.25, 0.3) is 0 Å². The maximum absolute atomic E-state index is 6.04. The van der Waals surface area contributed by atoms with Crippen molar-refractivity contribution in [3.63, 3.8) is 0 Å². The van der Waals surface area contributed by atoms with Crippen LogP contribution in [-0.2, 0) is 0 Å². The fraction of sp³-hybridized carbons (Fsp3) is 0.625. The average Bonchev–Trinajstić information content (AvgIpc) is 2.39. The smallest absolute Gasteiger partial charge is 0.119 e. The first kappa shape index (κ1) is 14.4. The van der Waals surface area contributed by atoms with E-state index < -0.39 is 0 Å². The molecule has 19 heavy (non-hydrogen) atoms. The van der Waals surface area contributed by atoms with Crippen molar-refractivity contribution in [2.45, 2.75) is 26.3 Å². The third kappa shape index (κ3) is 3.48. The van der Waals surface area contributed by atoms with Gasteiger partial charge in [0.15, 0.2) is 0 Å². The second kappa shape index (κ2) is 6.40. The first-order chi connectivity index (χ1) is 9.13. The first-order valence-corrected chi connectivity index (χ1v) is 7.22. The van der Waals surface area contributed by atoms with Crippen LogP contribution in [0.5, 0.6) is 5.75 Å². The molecule has 3 atom stereocenters. The monoisotopic (exact) mass is 262 g/mol. The molecule has 3 heteroatoms. The Hall–Kier alpha value is -1.06. The lowest BCUT2D eigenvalue weighted by Gasteiger charge is -2.40. The van der Waals surface area contributed by atoms with E-state index in [4.69, 9.17) is 10.5 Å². The summed E-state index contributed by atoms with van der Waals surface area (Å²) in [5, 5.41) is 0. The van der Waals surface area contributed by atoms with Crippen LogP contribution in [0.15, 0.2) is 24.3 Å². The molecule has 3 nitrogen and oxygen atoms in total. The number of rotatable bonds is 4. The molecular weight excluding hydrogens is 236 g/mol. The Morgan fingerprint density at radius 3 is 2.58 bits per heavy atom. The van der Waals surface area contributed by atoms with Gasteiger partial charge in [0.2, 0.25) is 0 Å². The van der Waals surface area contributed by atoms with Gasteiger partial charge in [-0.25, -0.2) is 0 Å². The minimum atomic E-state index is 0.306. The van der Waals surface area contributed by atoms with Gasteiger partial charge in [0.05, 0.1) is 7.11 Å². The van der Waals surface area contributed by atoms with Crippen LogP contribution in [0.1, 0.15) is 31.9 Å². The minimum absolute atomic E-state index is 0.306. The molecule has 1 aromatic rings. The second-order valence-corrected chi connectivity index (χ2v) is 5.93. The molecule has 0 radical (unpaired) electrons. The van der Waals surface area contributed by atoms with Gasteiger partial charge in [0.25, 0.3) is 0 Å². The molecule has 0 aromatic heterocycles. The van der Waals surface area contributed by atoms with Gasteiger partial charge in [0, 0.05) is 25.7 Å². The van der Waals surface area contributed by atoms with Gasteiger partial charge in [-0.1, -0.05) is 26.0 Å². The van der Waals surface area contributed by atoms with Gasteiger partial charge < -0.3 is 10.5 Å².